The van der Waals surface area contributed by atoms with Gasteiger partial charge in [-0.05, 0) is 73.9 Å². The minimum absolute atomic E-state index is 0.0816. The maximum atomic E-state index is 11.2. The Morgan fingerprint density at radius 1 is 1.08 bits per heavy atom. The van der Waals surface area contributed by atoms with Crippen molar-refractivity contribution in [3.8, 4) is 11.5 Å². The van der Waals surface area contributed by atoms with E-state index in [1.54, 1.807) is 0 Å². The van der Waals surface area contributed by atoms with Crippen molar-refractivity contribution in [2.75, 3.05) is 39.4 Å². The molecule has 0 unspecified atom stereocenters. The Bertz CT molecular complexity index is 1290. The van der Waals surface area contributed by atoms with Crippen LogP contribution in [-0.2, 0) is 12.0 Å². The number of fused-ring (bicyclic) bond motifs is 2. The smallest absolute Gasteiger partial charge is 0.221 e. The second-order valence-electron chi connectivity index (χ2n) is 11.4. The third-order valence-corrected chi connectivity index (χ3v) is 8.95. The number of aliphatic imine (C=N–C) groups is 1. The van der Waals surface area contributed by atoms with Gasteiger partial charge in [0.2, 0.25) is 5.90 Å². The Labute approximate surface area is 235 Å². The monoisotopic (exact) mass is 548 g/mol. The fourth-order valence-electron chi connectivity index (χ4n) is 5.80. The number of aliphatic hydroxyl groups is 2. The van der Waals surface area contributed by atoms with Crippen LogP contribution < -0.4 is 9.47 Å². The van der Waals surface area contributed by atoms with Crippen molar-refractivity contribution in [2.45, 2.75) is 50.5 Å². The van der Waals surface area contributed by atoms with Crippen molar-refractivity contribution >= 4 is 17.5 Å². The number of piperidine rings is 1. The second-order valence-corrected chi connectivity index (χ2v) is 11.9. The molecule has 1 aliphatic carbocycles. The molecule has 2 aromatic carbocycles. The Hall–Kier alpha value is -2.64. The lowest BCUT2D eigenvalue weighted by atomic mass is 9.84. The van der Waals surface area contributed by atoms with Gasteiger partial charge in [0.05, 0.1) is 18.8 Å². The van der Waals surface area contributed by atoms with Gasteiger partial charge >= 0.3 is 0 Å². The lowest BCUT2D eigenvalue weighted by molar-refractivity contribution is -0.0254. The fraction of sp³-hybridized carbons (Fsp3) is 0.469. The minimum Gasteiger partial charge on any atom is -0.492 e. The molecule has 1 saturated carbocycles. The molecule has 7 heteroatoms. The van der Waals surface area contributed by atoms with E-state index in [2.05, 4.69) is 17.1 Å². The van der Waals surface area contributed by atoms with Crippen molar-refractivity contribution in [1.82, 2.24) is 4.90 Å². The van der Waals surface area contributed by atoms with Gasteiger partial charge in [0.15, 0.2) is 0 Å². The first-order chi connectivity index (χ1) is 19.0. The summed E-state index contributed by atoms with van der Waals surface area (Å²) < 4.78 is 12.6. The predicted octanol–water partition coefficient (Wildman–Crippen LogP) is 5.45. The maximum absolute atomic E-state index is 11.2. The average molecular weight is 549 g/mol. The summed E-state index contributed by atoms with van der Waals surface area (Å²) in [4.78, 5) is 7.15. The van der Waals surface area contributed by atoms with Gasteiger partial charge in [0.1, 0.15) is 11.5 Å². The fourth-order valence-corrected chi connectivity index (χ4v) is 5.92. The molecule has 0 atom stereocenters. The number of aliphatic hydroxyl groups excluding tert-OH is 1. The lowest BCUT2D eigenvalue weighted by Crippen LogP contribution is -2.42. The Morgan fingerprint density at radius 3 is 2.62 bits per heavy atom. The molecule has 0 spiro atoms. The molecule has 2 fully saturated rings. The average Bonchev–Trinajstić information content (AvgIpc) is 3.76. The van der Waals surface area contributed by atoms with Crippen LogP contribution >= 0.6 is 11.6 Å². The van der Waals surface area contributed by atoms with Crippen molar-refractivity contribution in [1.29, 1.82) is 0 Å². The van der Waals surface area contributed by atoms with E-state index >= 15 is 0 Å². The van der Waals surface area contributed by atoms with Gasteiger partial charge in [0, 0.05) is 54.2 Å². The van der Waals surface area contributed by atoms with Crippen LogP contribution in [0.5, 0.6) is 11.5 Å². The summed E-state index contributed by atoms with van der Waals surface area (Å²) in [6.45, 7) is 4.08. The maximum Gasteiger partial charge on any atom is 0.221 e. The molecule has 39 heavy (non-hydrogen) atoms. The summed E-state index contributed by atoms with van der Waals surface area (Å²) in [6.07, 6.45) is 10.6. The zero-order chi connectivity index (χ0) is 26.9. The zero-order valence-electron chi connectivity index (χ0n) is 22.4. The highest BCUT2D eigenvalue weighted by Crippen LogP contribution is 2.46. The number of rotatable bonds is 8. The highest BCUT2D eigenvalue weighted by molar-refractivity contribution is 6.30. The number of nitrogens with zero attached hydrogens (tertiary/aromatic N) is 2. The third-order valence-electron chi connectivity index (χ3n) is 8.70. The number of ether oxygens (including phenoxy) is 2. The van der Waals surface area contributed by atoms with E-state index in [0.29, 0.717) is 30.4 Å². The number of dihydropyridines is 1. The molecular formula is C32H37ClN2O4. The summed E-state index contributed by atoms with van der Waals surface area (Å²) >= 11 is 6.04. The van der Waals surface area contributed by atoms with E-state index in [0.717, 1.165) is 86.5 Å². The van der Waals surface area contributed by atoms with Crippen LogP contribution in [0.15, 0.2) is 70.8 Å². The highest BCUT2D eigenvalue weighted by Gasteiger charge is 2.43. The van der Waals surface area contributed by atoms with Gasteiger partial charge in [-0.25, -0.2) is 0 Å². The predicted molar refractivity (Wildman–Crippen MR) is 154 cm³/mol. The Morgan fingerprint density at radius 2 is 1.87 bits per heavy atom. The minimum atomic E-state index is -0.786. The number of benzene rings is 2. The van der Waals surface area contributed by atoms with E-state index in [4.69, 9.17) is 26.1 Å². The summed E-state index contributed by atoms with van der Waals surface area (Å²) in [6, 6.07) is 13.6. The second kappa shape index (κ2) is 11.1. The van der Waals surface area contributed by atoms with Crippen LogP contribution in [0.4, 0.5) is 0 Å². The normalized spacial score (nSPS) is 22.6. The topological polar surface area (TPSA) is 74.5 Å². The lowest BCUT2D eigenvalue weighted by Gasteiger charge is -2.38. The molecule has 0 amide bonds. The van der Waals surface area contributed by atoms with Crippen LogP contribution in [0.1, 0.15) is 49.7 Å². The van der Waals surface area contributed by atoms with Gasteiger partial charge in [-0.2, -0.15) is 0 Å². The molecule has 3 heterocycles. The van der Waals surface area contributed by atoms with Crippen LogP contribution in [0.3, 0.4) is 0 Å². The third kappa shape index (κ3) is 5.80. The van der Waals surface area contributed by atoms with Gasteiger partial charge < -0.3 is 24.6 Å². The van der Waals surface area contributed by atoms with E-state index in [-0.39, 0.29) is 12.0 Å². The molecule has 0 aromatic heterocycles. The van der Waals surface area contributed by atoms with Gasteiger partial charge in [0.25, 0.3) is 0 Å². The van der Waals surface area contributed by atoms with E-state index < -0.39 is 5.60 Å². The van der Waals surface area contributed by atoms with Crippen molar-refractivity contribution in [3.05, 3.63) is 81.9 Å². The molecule has 4 aliphatic rings. The van der Waals surface area contributed by atoms with Crippen molar-refractivity contribution < 1.29 is 19.7 Å². The number of likely N-dealkylation sites (tertiary alicyclic amines) is 1. The zero-order valence-corrected chi connectivity index (χ0v) is 23.1. The van der Waals surface area contributed by atoms with Crippen LogP contribution in [-0.4, -0.2) is 60.4 Å². The first kappa shape index (κ1) is 26.6. The van der Waals surface area contributed by atoms with Crippen LogP contribution in [0.25, 0.3) is 0 Å². The molecule has 0 bridgehead atoms. The van der Waals surface area contributed by atoms with E-state index in [1.807, 2.05) is 42.5 Å². The Kier molecular flexibility index (Phi) is 7.56. The molecule has 2 aromatic rings. The molecule has 3 aliphatic heterocycles. The van der Waals surface area contributed by atoms with Gasteiger partial charge in [-0.1, -0.05) is 42.0 Å². The quantitative estimate of drug-likeness (QED) is 0.458. The molecule has 6 rings (SSSR count). The number of hydrogen-bond donors (Lipinski definition) is 2. The van der Waals surface area contributed by atoms with Crippen LogP contribution in [0, 0.1) is 5.41 Å². The van der Waals surface area contributed by atoms with Crippen LogP contribution in [0.2, 0.25) is 5.02 Å². The largest absolute Gasteiger partial charge is 0.492 e. The first-order valence-corrected chi connectivity index (χ1v) is 14.5. The summed E-state index contributed by atoms with van der Waals surface area (Å²) in [5, 5.41) is 21.7. The molecule has 0 radical (unpaired) electrons. The molecule has 6 nitrogen and oxygen atoms in total. The van der Waals surface area contributed by atoms with E-state index in [1.165, 1.54) is 5.57 Å². The van der Waals surface area contributed by atoms with Crippen molar-refractivity contribution in [3.63, 3.8) is 0 Å². The summed E-state index contributed by atoms with van der Waals surface area (Å²) in [5.74, 6) is 2.33. The molecule has 2 N–H and O–H groups in total. The van der Waals surface area contributed by atoms with Gasteiger partial charge in [-0.15, -0.1) is 0 Å². The molecule has 206 valence electrons. The number of halogens is 1. The standard InChI is InChI=1S/C32H37ClN2O4/c33-25-10-8-24(9-11-25)32(37)14-18-35(19-15-32)17-3-4-23-20-27-28(38-22-31(21-36)12-13-31)6-1-7-29(27)39-30-26(23)5-2-16-34-30/h1,4-11,36-37H,2-3,12-22H2/b23-4-. The SMILES string of the molecule is OCC1(COc2cccc3c2C/C(=C/CCN2CCC(O)(c4ccc(Cl)cc4)CC2)C2=CCCN=C2O3)CC1. The van der Waals surface area contributed by atoms with E-state index in [9.17, 15) is 10.2 Å². The summed E-state index contributed by atoms with van der Waals surface area (Å²) in [5.41, 5.74) is 3.44. The van der Waals surface area contributed by atoms with Crippen molar-refractivity contribution in [2.24, 2.45) is 10.4 Å². The molecule has 1 saturated heterocycles. The molecular weight excluding hydrogens is 512 g/mol. The first-order valence-electron chi connectivity index (χ1n) is 14.2. The number of hydrogen-bond acceptors (Lipinski definition) is 6. The Balaban J connectivity index is 1.14. The highest BCUT2D eigenvalue weighted by atomic mass is 35.5. The summed E-state index contributed by atoms with van der Waals surface area (Å²) in [7, 11) is 0. The van der Waals surface area contributed by atoms with Gasteiger partial charge in [-0.3, -0.25) is 4.99 Å².